The minimum atomic E-state index is -1.63. The summed E-state index contributed by atoms with van der Waals surface area (Å²) in [6, 6.07) is -1.22. The maximum atomic E-state index is 14.2. The molecule has 1 rings (SSSR count). The highest BCUT2D eigenvalue weighted by Gasteiger charge is 2.36. The Morgan fingerprint density at radius 1 is 1.50 bits per heavy atom. The summed E-state index contributed by atoms with van der Waals surface area (Å²) in [5.74, 6) is 0. The fourth-order valence-corrected chi connectivity index (χ4v) is 2.16. The molecule has 1 aliphatic rings. The van der Waals surface area contributed by atoms with Crippen LogP contribution in [0.1, 0.15) is 12.8 Å². The van der Waals surface area contributed by atoms with Gasteiger partial charge in [0, 0.05) is 26.3 Å². The summed E-state index contributed by atoms with van der Waals surface area (Å²) in [6.07, 6.45) is -3.91. The number of rotatable bonds is 6. The predicted molar refractivity (Wildman–Crippen MR) is 71.7 cm³/mol. The van der Waals surface area contributed by atoms with Crippen LogP contribution >= 0.6 is 0 Å². The van der Waals surface area contributed by atoms with E-state index in [2.05, 4.69) is 5.32 Å². The predicted octanol–water partition coefficient (Wildman–Crippen LogP) is -1.93. The Hall–Kier alpha value is -0.350. The van der Waals surface area contributed by atoms with Crippen LogP contribution in [0, 0.1) is 0 Å². The Bertz CT molecular complexity index is 275. The summed E-state index contributed by atoms with van der Waals surface area (Å²) in [7, 11) is 1.40. The van der Waals surface area contributed by atoms with Crippen LogP contribution in [0.15, 0.2) is 0 Å². The molecule has 3 unspecified atom stereocenters. The fourth-order valence-electron chi connectivity index (χ4n) is 2.16. The van der Waals surface area contributed by atoms with Crippen molar-refractivity contribution in [2.24, 2.45) is 11.5 Å². The van der Waals surface area contributed by atoms with Crippen molar-refractivity contribution in [1.29, 1.82) is 0 Å². The molecule has 1 fully saturated rings. The number of nitrogens with two attached hydrogens (primary N) is 2. The monoisotopic (exact) mass is 295 g/mol. The highest BCUT2D eigenvalue weighted by molar-refractivity contribution is 4.89. The molecule has 8 heteroatoms. The van der Waals surface area contributed by atoms with Crippen molar-refractivity contribution < 1.29 is 24.1 Å². The largest absolute Gasteiger partial charge is 0.396 e. The van der Waals surface area contributed by atoms with Gasteiger partial charge in [0.25, 0.3) is 0 Å². The van der Waals surface area contributed by atoms with Crippen LogP contribution in [0.3, 0.4) is 0 Å². The van der Waals surface area contributed by atoms with Crippen molar-refractivity contribution in [2.75, 3.05) is 26.8 Å². The molecule has 0 aliphatic carbocycles. The molecule has 0 amide bonds. The Morgan fingerprint density at radius 2 is 2.20 bits per heavy atom. The molecule has 0 saturated carbocycles. The number of aliphatic hydroxyl groups excluding tert-OH is 2. The molecule has 0 aromatic heterocycles. The number of halogens is 1. The summed E-state index contributed by atoms with van der Waals surface area (Å²) in [5, 5.41) is 21.7. The van der Waals surface area contributed by atoms with E-state index in [1.54, 1.807) is 0 Å². The second-order valence-electron chi connectivity index (χ2n) is 5.05. The third kappa shape index (κ3) is 4.88. The summed E-state index contributed by atoms with van der Waals surface area (Å²) < 4.78 is 24.8. The number of hydrogen-bond donors (Lipinski definition) is 5. The molecule has 0 radical (unpaired) electrons. The molecule has 0 spiro atoms. The van der Waals surface area contributed by atoms with Gasteiger partial charge in [-0.2, -0.15) is 0 Å². The van der Waals surface area contributed by atoms with Gasteiger partial charge in [0.05, 0.1) is 6.04 Å². The normalized spacial score (nSPS) is 35.1. The Balaban J connectivity index is 2.65. The Morgan fingerprint density at radius 3 is 2.80 bits per heavy atom. The van der Waals surface area contributed by atoms with E-state index in [9.17, 15) is 9.50 Å². The van der Waals surface area contributed by atoms with E-state index in [1.165, 1.54) is 7.11 Å². The second-order valence-corrected chi connectivity index (χ2v) is 5.05. The van der Waals surface area contributed by atoms with Crippen LogP contribution in [0.25, 0.3) is 0 Å². The molecule has 0 aromatic rings. The van der Waals surface area contributed by atoms with Crippen molar-refractivity contribution in [3.63, 3.8) is 0 Å². The first-order valence-electron chi connectivity index (χ1n) is 6.84. The van der Waals surface area contributed by atoms with E-state index >= 15 is 0 Å². The number of nitrogens with one attached hydrogen (secondary N) is 1. The highest BCUT2D eigenvalue weighted by atomic mass is 19.1. The zero-order valence-corrected chi connectivity index (χ0v) is 11.7. The smallest absolute Gasteiger partial charge is 0.172 e. The van der Waals surface area contributed by atoms with Crippen LogP contribution in [0.2, 0.25) is 0 Å². The van der Waals surface area contributed by atoms with Gasteiger partial charge in [0.2, 0.25) is 0 Å². The van der Waals surface area contributed by atoms with Crippen molar-refractivity contribution >= 4 is 0 Å². The first-order valence-corrected chi connectivity index (χ1v) is 6.84. The number of aliphatic hydroxyl groups is 2. The minimum absolute atomic E-state index is 0.111. The summed E-state index contributed by atoms with van der Waals surface area (Å²) in [6.45, 7) is 0.696. The molecule has 7 N–H and O–H groups in total. The SMILES string of the molecule is CO[C@H](O[C@@H]1CNCC[C@@H](N)C(O)C1F)C(N)CCO. The molecule has 0 aromatic carbocycles. The van der Waals surface area contributed by atoms with Gasteiger partial charge in [0.1, 0.15) is 12.2 Å². The third-order valence-corrected chi connectivity index (χ3v) is 3.47. The zero-order chi connectivity index (χ0) is 15.1. The molecule has 7 nitrogen and oxygen atoms in total. The maximum absolute atomic E-state index is 14.2. The van der Waals surface area contributed by atoms with Crippen LogP contribution in [0.5, 0.6) is 0 Å². The Kier molecular flexibility index (Phi) is 7.82. The molecule has 0 bridgehead atoms. The van der Waals surface area contributed by atoms with Gasteiger partial charge in [-0.3, -0.25) is 0 Å². The van der Waals surface area contributed by atoms with E-state index in [0.29, 0.717) is 13.0 Å². The molecule has 6 atom stereocenters. The zero-order valence-electron chi connectivity index (χ0n) is 11.7. The molecule has 120 valence electrons. The lowest BCUT2D eigenvalue weighted by atomic mass is 9.98. The van der Waals surface area contributed by atoms with Crippen LogP contribution in [-0.2, 0) is 9.47 Å². The van der Waals surface area contributed by atoms with Crippen LogP contribution in [0.4, 0.5) is 4.39 Å². The number of alkyl halides is 1. The second kappa shape index (κ2) is 8.83. The summed E-state index contributed by atoms with van der Waals surface area (Å²) in [5.41, 5.74) is 11.5. The van der Waals surface area contributed by atoms with Gasteiger partial charge in [-0.15, -0.1) is 0 Å². The van der Waals surface area contributed by atoms with Gasteiger partial charge in [-0.1, -0.05) is 0 Å². The average Bonchev–Trinajstić information content (AvgIpc) is 2.44. The van der Waals surface area contributed by atoms with Gasteiger partial charge in [-0.25, -0.2) is 4.39 Å². The number of ether oxygens (including phenoxy) is 2. The van der Waals surface area contributed by atoms with Crippen molar-refractivity contribution in [1.82, 2.24) is 5.32 Å². The van der Waals surface area contributed by atoms with E-state index in [4.69, 9.17) is 26.0 Å². The maximum Gasteiger partial charge on any atom is 0.172 e. The first-order chi connectivity index (χ1) is 9.51. The van der Waals surface area contributed by atoms with Crippen LogP contribution < -0.4 is 16.8 Å². The van der Waals surface area contributed by atoms with Gasteiger partial charge < -0.3 is 36.5 Å². The molecule has 1 saturated heterocycles. The lowest BCUT2D eigenvalue weighted by molar-refractivity contribution is -0.192. The molecular formula is C12H26FN3O4. The van der Waals surface area contributed by atoms with E-state index in [-0.39, 0.29) is 19.6 Å². The van der Waals surface area contributed by atoms with E-state index < -0.39 is 36.8 Å². The molecule has 1 heterocycles. The number of methoxy groups -OCH3 is 1. The van der Waals surface area contributed by atoms with Crippen LogP contribution in [-0.4, -0.2) is 73.8 Å². The fraction of sp³-hybridized carbons (Fsp3) is 1.00. The standard InChI is InChI=1S/C12H26FN3O4/c1-19-12(8(15)3-5-17)20-9-6-16-4-2-7(14)11(18)10(9)13/h7-12,16-18H,2-6,14-15H2,1H3/t7-,8?,9-,10?,11?,12-/m1/s1. The Labute approximate surface area is 118 Å². The van der Waals surface area contributed by atoms with Crippen molar-refractivity contribution in [2.45, 2.75) is 49.6 Å². The molecule has 1 aliphatic heterocycles. The highest BCUT2D eigenvalue weighted by Crippen LogP contribution is 2.17. The van der Waals surface area contributed by atoms with E-state index in [1.807, 2.05) is 0 Å². The molecule has 20 heavy (non-hydrogen) atoms. The minimum Gasteiger partial charge on any atom is -0.396 e. The molecular weight excluding hydrogens is 269 g/mol. The lowest BCUT2D eigenvalue weighted by Gasteiger charge is -2.34. The topological polar surface area (TPSA) is 123 Å². The summed E-state index contributed by atoms with van der Waals surface area (Å²) >= 11 is 0. The summed E-state index contributed by atoms with van der Waals surface area (Å²) in [4.78, 5) is 0. The van der Waals surface area contributed by atoms with Crippen molar-refractivity contribution in [3.05, 3.63) is 0 Å². The van der Waals surface area contributed by atoms with Gasteiger partial charge in [0.15, 0.2) is 12.5 Å². The average molecular weight is 295 g/mol. The van der Waals surface area contributed by atoms with Crippen molar-refractivity contribution in [3.8, 4) is 0 Å². The van der Waals surface area contributed by atoms with Gasteiger partial charge in [-0.05, 0) is 19.4 Å². The number of hydrogen-bond acceptors (Lipinski definition) is 7. The quantitative estimate of drug-likeness (QED) is 0.362. The van der Waals surface area contributed by atoms with Gasteiger partial charge >= 0.3 is 0 Å². The third-order valence-electron chi connectivity index (χ3n) is 3.47. The first kappa shape index (κ1) is 17.7. The van der Waals surface area contributed by atoms with E-state index in [0.717, 1.165) is 0 Å². The lowest BCUT2D eigenvalue weighted by Crippen LogP contribution is -2.55.